The Balaban J connectivity index is 2.60. The lowest BCUT2D eigenvalue weighted by Gasteiger charge is -2.07. The van der Waals surface area contributed by atoms with Crippen LogP contribution in [0.3, 0.4) is 0 Å². The largest absolute Gasteiger partial charge is 0.225 e. The van der Waals surface area contributed by atoms with Gasteiger partial charge in [-0.15, -0.1) is 0 Å². The first-order valence-electron chi connectivity index (χ1n) is 5.59. The molecule has 3 heteroatoms. The molecule has 2 aromatic rings. The molecule has 0 spiro atoms. The van der Waals surface area contributed by atoms with Crippen molar-refractivity contribution in [2.24, 2.45) is 0 Å². The van der Waals surface area contributed by atoms with Gasteiger partial charge >= 0.3 is 0 Å². The smallest absolute Gasteiger partial charge is 0.169 e. The maximum Gasteiger partial charge on any atom is 0.169 e. The molecule has 0 aliphatic heterocycles. The SMILES string of the molecule is CS(=O)(=O)C=C(c1ccccc1)c1ccccc1. The van der Waals surface area contributed by atoms with E-state index >= 15 is 0 Å². The van der Waals surface area contributed by atoms with E-state index in [1.807, 2.05) is 60.7 Å². The topological polar surface area (TPSA) is 34.1 Å². The molecule has 0 unspecified atom stereocenters. The molecule has 0 bridgehead atoms. The van der Waals surface area contributed by atoms with Crippen molar-refractivity contribution in [1.82, 2.24) is 0 Å². The summed E-state index contributed by atoms with van der Waals surface area (Å²) < 4.78 is 23.0. The maximum atomic E-state index is 11.5. The van der Waals surface area contributed by atoms with Crippen LogP contribution in [-0.4, -0.2) is 14.7 Å². The standard InChI is InChI=1S/C15H14O2S/c1-18(16,17)12-15(13-8-4-2-5-9-13)14-10-6-3-7-11-14/h2-12H,1H3. The highest BCUT2D eigenvalue weighted by Crippen LogP contribution is 2.23. The van der Waals surface area contributed by atoms with Crippen LogP contribution in [-0.2, 0) is 9.84 Å². The van der Waals surface area contributed by atoms with Crippen LogP contribution < -0.4 is 0 Å². The van der Waals surface area contributed by atoms with Gasteiger partial charge in [-0.1, -0.05) is 60.7 Å². The van der Waals surface area contributed by atoms with Crippen LogP contribution in [0.5, 0.6) is 0 Å². The molecule has 0 amide bonds. The fraction of sp³-hybridized carbons (Fsp3) is 0.0667. The predicted molar refractivity (Wildman–Crippen MR) is 74.8 cm³/mol. The number of benzene rings is 2. The lowest BCUT2D eigenvalue weighted by molar-refractivity contribution is 0.610. The predicted octanol–water partition coefficient (Wildman–Crippen LogP) is 3.12. The molecule has 2 nitrogen and oxygen atoms in total. The van der Waals surface area contributed by atoms with Gasteiger partial charge in [0.15, 0.2) is 9.84 Å². The van der Waals surface area contributed by atoms with Gasteiger partial charge < -0.3 is 0 Å². The molecule has 0 aromatic heterocycles. The van der Waals surface area contributed by atoms with E-state index in [9.17, 15) is 8.42 Å². The summed E-state index contributed by atoms with van der Waals surface area (Å²) in [7, 11) is -3.18. The fourth-order valence-corrected chi connectivity index (χ4v) is 2.45. The summed E-state index contributed by atoms with van der Waals surface area (Å²) in [6, 6.07) is 19.0. The third-order valence-corrected chi connectivity index (χ3v) is 3.17. The van der Waals surface area contributed by atoms with Gasteiger partial charge in [0.2, 0.25) is 0 Å². The number of sulfone groups is 1. The Hall–Kier alpha value is -1.87. The quantitative estimate of drug-likeness (QED) is 0.847. The summed E-state index contributed by atoms with van der Waals surface area (Å²) in [5.41, 5.74) is 2.52. The second-order valence-electron chi connectivity index (χ2n) is 4.09. The normalized spacial score (nSPS) is 10.9. The average Bonchev–Trinajstić information content (AvgIpc) is 2.37. The van der Waals surface area contributed by atoms with Crippen LogP contribution in [0.15, 0.2) is 66.1 Å². The van der Waals surface area contributed by atoms with Crippen LogP contribution in [0.2, 0.25) is 0 Å². The van der Waals surface area contributed by atoms with Crippen molar-refractivity contribution in [3.05, 3.63) is 77.2 Å². The summed E-state index contributed by atoms with van der Waals surface area (Å²) in [6.45, 7) is 0. The Morgan fingerprint density at radius 1 is 0.833 bits per heavy atom. The van der Waals surface area contributed by atoms with Crippen molar-refractivity contribution in [3.63, 3.8) is 0 Å². The van der Waals surface area contributed by atoms with Gasteiger partial charge in [-0.05, 0) is 11.1 Å². The second kappa shape index (κ2) is 5.19. The average molecular weight is 258 g/mol. The highest BCUT2D eigenvalue weighted by Gasteiger charge is 2.07. The van der Waals surface area contributed by atoms with Crippen LogP contribution in [0.25, 0.3) is 5.57 Å². The summed E-state index contributed by atoms with van der Waals surface area (Å²) in [5, 5.41) is 1.32. The van der Waals surface area contributed by atoms with E-state index in [2.05, 4.69) is 0 Å². The van der Waals surface area contributed by atoms with Crippen molar-refractivity contribution in [3.8, 4) is 0 Å². The summed E-state index contributed by atoms with van der Waals surface area (Å²) in [5.74, 6) is 0. The number of hydrogen-bond donors (Lipinski definition) is 0. The number of hydrogen-bond acceptors (Lipinski definition) is 2. The summed E-state index contributed by atoms with van der Waals surface area (Å²) in [4.78, 5) is 0. The van der Waals surface area contributed by atoms with Crippen LogP contribution in [0.4, 0.5) is 0 Å². The summed E-state index contributed by atoms with van der Waals surface area (Å²) in [6.07, 6.45) is 1.21. The molecule has 0 aliphatic carbocycles. The maximum absolute atomic E-state index is 11.5. The highest BCUT2D eigenvalue weighted by molar-refractivity contribution is 7.93. The molecule has 0 saturated heterocycles. The lowest BCUT2D eigenvalue weighted by Crippen LogP contribution is -1.95. The van der Waals surface area contributed by atoms with Crippen LogP contribution in [0.1, 0.15) is 11.1 Å². The first-order valence-corrected chi connectivity index (χ1v) is 7.54. The van der Waals surface area contributed by atoms with E-state index in [0.717, 1.165) is 16.7 Å². The van der Waals surface area contributed by atoms with Gasteiger partial charge in [0.25, 0.3) is 0 Å². The van der Waals surface area contributed by atoms with Crippen molar-refractivity contribution in [2.45, 2.75) is 0 Å². The molecule has 0 radical (unpaired) electrons. The minimum absolute atomic E-state index is 0.721. The van der Waals surface area contributed by atoms with E-state index in [4.69, 9.17) is 0 Å². The Morgan fingerprint density at radius 3 is 1.56 bits per heavy atom. The summed E-state index contributed by atoms with van der Waals surface area (Å²) >= 11 is 0. The Kier molecular flexibility index (Phi) is 3.63. The van der Waals surface area contributed by atoms with Crippen molar-refractivity contribution in [2.75, 3.05) is 6.26 Å². The molecular weight excluding hydrogens is 244 g/mol. The van der Waals surface area contributed by atoms with Gasteiger partial charge in [0.05, 0.1) is 0 Å². The molecule has 0 saturated carbocycles. The minimum Gasteiger partial charge on any atom is -0.225 e. The fourth-order valence-electron chi connectivity index (χ4n) is 1.75. The Bertz CT molecular complexity index is 600. The Labute approximate surface area is 108 Å². The van der Waals surface area contributed by atoms with Crippen LogP contribution in [0, 0.1) is 0 Å². The highest BCUT2D eigenvalue weighted by atomic mass is 32.2. The number of rotatable bonds is 3. The molecule has 0 fully saturated rings. The lowest BCUT2D eigenvalue weighted by atomic mass is 10.00. The first kappa shape index (κ1) is 12.6. The van der Waals surface area contributed by atoms with Gasteiger partial charge in [0, 0.05) is 17.2 Å². The zero-order valence-electron chi connectivity index (χ0n) is 10.1. The third kappa shape index (κ3) is 3.31. The molecule has 0 atom stereocenters. The zero-order valence-corrected chi connectivity index (χ0v) is 10.9. The van der Waals surface area contributed by atoms with Crippen molar-refractivity contribution >= 4 is 15.4 Å². The molecular formula is C15H14O2S. The van der Waals surface area contributed by atoms with Crippen molar-refractivity contribution < 1.29 is 8.42 Å². The molecule has 2 rings (SSSR count). The van der Waals surface area contributed by atoms with E-state index in [1.165, 1.54) is 11.7 Å². The van der Waals surface area contributed by atoms with Gasteiger partial charge in [-0.25, -0.2) is 8.42 Å². The molecule has 2 aromatic carbocycles. The van der Waals surface area contributed by atoms with E-state index in [0.29, 0.717) is 0 Å². The van der Waals surface area contributed by atoms with Gasteiger partial charge in [-0.2, -0.15) is 0 Å². The van der Waals surface area contributed by atoms with E-state index in [-0.39, 0.29) is 0 Å². The first-order chi connectivity index (χ1) is 8.56. The minimum atomic E-state index is -3.18. The van der Waals surface area contributed by atoms with Gasteiger partial charge in [0.1, 0.15) is 0 Å². The van der Waals surface area contributed by atoms with Crippen molar-refractivity contribution in [1.29, 1.82) is 0 Å². The van der Waals surface area contributed by atoms with Crippen LogP contribution >= 0.6 is 0 Å². The zero-order chi connectivity index (χ0) is 13.0. The third-order valence-electron chi connectivity index (χ3n) is 2.50. The second-order valence-corrected chi connectivity index (χ2v) is 5.99. The van der Waals surface area contributed by atoms with E-state index in [1.54, 1.807) is 0 Å². The molecule has 92 valence electrons. The molecule has 18 heavy (non-hydrogen) atoms. The van der Waals surface area contributed by atoms with E-state index < -0.39 is 9.84 Å². The molecule has 0 heterocycles. The van der Waals surface area contributed by atoms with Gasteiger partial charge in [-0.3, -0.25) is 0 Å². The molecule has 0 aliphatic rings. The monoisotopic (exact) mass is 258 g/mol. The molecule has 0 N–H and O–H groups in total. The Morgan fingerprint density at radius 2 is 1.22 bits per heavy atom.